The third kappa shape index (κ3) is 3.40. The number of nitrogens with zero attached hydrogens (tertiary/aromatic N) is 3. The number of benzene rings is 2. The molecule has 134 valence electrons. The van der Waals surface area contributed by atoms with Crippen LogP contribution in [0.3, 0.4) is 0 Å². The number of hydrogen-bond donors (Lipinski definition) is 1. The summed E-state index contributed by atoms with van der Waals surface area (Å²) in [6.07, 6.45) is 3.88. The predicted molar refractivity (Wildman–Crippen MR) is 105 cm³/mol. The number of amides is 1. The number of carbonyl (C=O) groups excluding carboxylic acids is 1. The summed E-state index contributed by atoms with van der Waals surface area (Å²) in [5.41, 5.74) is 2.36. The summed E-state index contributed by atoms with van der Waals surface area (Å²) in [7, 11) is 0. The van der Waals surface area contributed by atoms with Crippen molar-refractivity contribution in [3.63, 3.8) is 0 Å². The van der Waals surface area contributed by atoms with Crippen LogP contribution in [0.1, 0.15) is 10.4 Å². The molecule has 2 aromatic heterocycles. The van der Waals surface area contributed by atoms with Crippen molar-refractivity contribution in [2.75, 3.05) is 5.32 Å². The first-order valence-electron chi connectivity index (χ1n) is 7.79. The van der Waals surface area contributed by atoms with E-state index in [2.05, 4.69) is 10.3 Å². The Morgan fingerprint density at radius 2 is 2.00 bits per heavy atom. The molecule has 0 atom stereocenters. The summed E-state index contributed by atoms with van der Waals surface area (Å²) in [4.78, 5) is 28.0. The van der Waals surface area contributed by atoms with E-state index >= 15 is 0 Å². The van der Waals surface area contributed by atoms with Gasteiger partial charge in [-0.25, -0.2) is 4.98 Å². The number of hydrogen-bond acceptors (Lipinski definition) is 5. The van der Waals surface area contributed by atoms with E-state index in [1.54, 1.807) is 23.5 Å². The minimum Gasteiger partial charge on any atom is -0.322 e. The summed E-state index contributed by atoms with van der Waals surface area (Å²) >= 11 is 7.55. The second-order valence-electron chi connectivity index (χ2n) is 5.67. The smallest absolute Gasteiger partial charge is 0.270 e. The van der Waals surface area contributed by atoms with Gasteiger partial charge in [-0.15, -0.1) is 11.3 Å². The van der Waals surface area contributed by atoms with Gasteiger partial charge in [0.15, 0.2) is 4.96 Å². The quantitative estimate of drug-likeness (QED) is 0.392. The molecule has 0 saturated heterocycles. The zero-order valence-corrected chi connectivity index (χ0v) is 15.2. The number of rotatable bonds is 4. The number of fused-ring (bicyclic) bond motifs is 1. The molecular formula is C18H11ClN4O3S. The van der Waals surface area contributed by atoms with Crippen LogP contribution >= 0.6 is 22.9 Å². The van der Waals surface area contributed by atoms with Gasteiger partial charge < -0.3 is 5.32 Å². The summed E-state index contributed by atoms with van der Waals surface area (Å²) in [6, 6.07) is 11.0. The third-order valence-corrected chi connectivity index (χ3v) is 5.02. The minimum atomic E-state index is -0.563. The topological polar surface area (TPSA) is 89.5 Å². The highest BCUT2D eigenvalue weighted by molar-refractivity contribution is 7.15. The molecule has 0 saturated carbocycles. The van der Waals surface area contributed by atoms with Gasteiger partial charge in [0.2, 0.25) is 0 Å². The van der Waals surface area contributed by atoms with Gasteiger partial charge >= 0.3 is 0 Å². The van der Waals surface area contributed by atoms with Crippen molar-refractivity contribution in [2.24, 2.45) is 0 Å². The summed E-state index contributed by atoms with van der Waals surface area (Å²) in [5, 5.41) is 15.5. The molecule has 27 heavy (non-hydrogen) atoms. The number of thiazole rings is 1. The third-order valence-electron chi connectivity index (χ3n) is 3.94. The Balaban J connectivity index is 1.52. The number of anilines is 1. The Bertz CT molecular complexity index is 1140. The maximum atomic E-state index is 12.4. The largest absolute Gasteiger partial charge is 0.322 e. The van der Waals surface area contributed by atoms with E-state index in [0.717, 1.165) is 22.3 Å². The average Bonchev–Trinajstić information content (AvgIpc) is 3.24. The number of carbonyl (C=O) groups is 1. The van der Waals surface area contributed by atoms with E-state index < -0.39 is 10.8 Å². The molecule has 4 rings (SSSR count). The molecule has 0 bridgehead atoms. The molecule has 1 amide bonds. The SMILES string of the molecule is O=C(Nc1ccc(-c2cn3ccsc3n2)cc1)c1ccc([N+](=O)[O-])cc1Cl. The van der Waals surface area contributed by atoms with Gasteiger partial charge in [-0.05, 0) is 18.2 Å². The summed E-state index contributed by atoms with van der Waals surface area (Å²) in [6.45, 7) is 0. The zero-order valence-electron chi connectivity index (χ0n) is 13.6. The van der Waals surface area contributed by atoms with Gasteiger partial charge in [0.1, 0.15) is 0 Å². The van der Waals surface area contributed by atoms with E-state index in [1.165, 1.54) is 12.1 Å². The minimum absolute atomic E-state index is 0.0244. The van der Waals surface area contributed by atoms with Crippen LogP contribution in [0.25, 0.3) is 16.2 Å². The van der Waals surface area contributed by atoms with Crippen LogP contribution in [0.2, 0.25) is 5.02 Å². The normalized spacial score (nSPS) is 10.9. The van der Waals surface area contributed by atoms with Gasteiger partial charge in [-0.3, -0.25) is 19.3 Å². The second kappa shape index (κ2) is 6.82. The Morgan fingerprint density at radius 3 is 2.67 bits per heavy atom. The first-order chi connectivity index (χ1) is 13.0. The molecule has 0 aliphatic carbocycles. The van der Waals surface area contributed by atoms with Crippen molar-refractivity contribution in [3.8, 4) is 11.3 Å². The number of non-ortho nitro benzene ring substituents is 1. The molecular weight excluding hydrogens is 388 g/mol. The fourth-order valence-electron chi connectivity index (χ4n) is 2.59. The highest BCUT2D eigenvalue weighted by Crippen LogP contribution is 2.25. The lowest BCUT2D eigenvalue weighted by Gasteiger charge is -2.07. The molecule has 1 N–H and O–H groups in total. The number of nitro benzene ring substituents is 1. The van der Waals surface area contributed by atoms with Crippen molar-refractivity contribution in [1.29, 1.82) is 0 Å². The van der Waals surface area contributed by atoms with Crippen molar-refractivity contribution in [2.45, 2.75) is 0 Å². The lowest BCUT2D eigenvalue weighted by atomic mass is 10.1. The van der Waals surface area contributed by atoms with Crippen molar-refractivity contribution >= 4 is 45.2 Å². The van der Waals surface area contributed by atoms with E-state index in [-0.39, 0.29) is 16.3 Å². The Hall–Kier alpha value is -3.23. The monoisotopic (exact) mass is 398 g/mol. The summed E-state index contributed by atoms with van der Waals surface area (Å²) < 4.78 is 1.95. The molecule has 4 aromatic rings. The fraction of sp³-hybridized carbons (Fsp3) is 0. The Labute approximate surface area is 162 Å². The average molecular weight is 399 g/mol. The van der Waals surface area contributed by atoms with Crippen LogP contribution in [-0.2, 0) is 0 Å². The maximum Gasteiger partial charge on any atom is 0.270 e. The first kappa shape index (κ1) is 17.2. The Kier molecular flexibility index (Phi) is 4.35. The maximum absolute atomic E-state index is 12.4. The van der Waals surface area contributed by atoms with Gasteiger partial charge in [-0.1, -0.05) is 23.7 Å². The standard InChI is InChI=1S/C18H11ClN4O3S/c19-15-9-13(23(25)26)5-6-14(15)17(24)20-12-3-1-11(2-4-12)16-10-22-7-8-27-18(22)21-16/h1-10H,(H,20,24). The lowest BCUT2D eigenvalue weighted by molar-refractivity contribution is -0.384. The Morgan fingerprint density at radius 1 is 1.22 bits per heavy atom. The highest BCUT2D eigenvalue weighted by atomic mass is 35.5. The van der Waals surface area contributed by atoms with E-state index in [4.69, 9.17) is 11.6 Å². The molecule has 0 fully saturated rings. The predicted octanol–water partition coefficient (Wildman–Crippen LogP) is 4.88. The molecule has 9 heteroatoms. The molecule has 0 unspecified atom stereocenters. The molecule has 0 radical (unpaired) electrons. The van der Waals surface area contributed by atoms with Gasteiger partial charge in [0.05, 0.1) is 21.2 Å². The van der Waals surface area contributed by atoms with E-state index in [1.807, 2.05) is 34.3 Å². The summed E-state index contributed by atoms with van der Waals surface area (Å²) in [5.74, 6) is -0.440. The number of halogens is 1. The van der Waals surface area contributed by atoms with Crippen LogP contribution in [0.5, 0.6) is 0 Å². The van der Waals surface area contributed by atoms with Crippen molar-refractivity contribution in [3.05, 3.63) is 80.9 Å². The van der Waals surface area contributed by atoms with Gasteiger partial charge in [-0.2, -0.15) is 0 Å². The zero-order chi connectivity index (χ0) is 19.0. The molecule has 7 nitrogen and oxygen atoms in total. The number of nitrogens with one attached hydrogen (secondary N) is 1. The van der Waals surface area contributed by atoms with E-state index in [9.17, 15) is 14.9 Å². The van der Waals surface area contributed by atoms with Crippen LogP contribution in [0.4, 0.5) is 11.4 Å². The number of nitro groups is 1. The second-order valence-corrected chi connectivity index (χ2v) is 6.95. The highest BCUT2D eigenvalue weighted by Gasteiger charge is 2.15. The van der Waals surface area contributed by atoms with Crippen LogP contribution < -0.4 is 5.32 Å². The van der Waals surface area contributed by atoms with Crippen LogP contribution in [-0.4, -0.2) is 20.2 Å². The molecule has 2 heterocycles. The number of aromatic nitrogens is 2. The first-order valence-corrected chi connectivity index (χ1v) is 9.05. The molecule has 2 aromatic carbocycles. The van der Waals surface area contributed by atoms with Crippen molar-refractivity contribution < 1.29 is 9.72 Å². The van der Waals surface area contributed by atoms with Gasteiger partial charge in [0, 0.05) is 41.2 Å². The van der Waals surface area contributed by atoms with Gasteiger partial charge in [0.25, 0.3) is 11.6 Å². The van der Waals surface area contributed by atoms with Crippen LogP contribution in [0, 0.1) is 10.1 Å². The van der Waals surface area contributed by atoms with E-state index in [0.29, 0.717) is 5.69 Å². The molecule has 0 spiro atoms. The molecule has 0 aliphatic heterocycles. The fourth-order valence-corrected chi connectivity index (χ4v) is 3.55. The van der Waals surface area contributed by atoms with Crippen LogP contribution in [0.15, 0.2) is 60.2 Å². The van der Waals surface area contributed by atoms with Crippen molar-refractivity contribution in [1.82, 2.24) is 9.38 Å². The molecule has 0 aliphatic rings. The number of imidazole rings is 1. The lowest BCUT2D eigenvalue weighted by Crippen LogP contribution is -2.12.